The summed E-state index contributed by atoms with van der Waals surface area (Å²) < 4.78 is 30.8. The minimum atomic E-state index is -0.985. The lowest BCUT2D eigenvalue weighted by Gasteiger charge is -2.70. The van der Waals surface area contributed by atoms with Crippen LogP contribution in [-0.2, 0) is 38.1 Å². The highest BCUT2D eigenvalue weighted by molar-refractivity contribution is 5.73. The summed E-state index contributed by atoms with van der Waals surface area (Å²) in [5.74, 6) is -1.30. The molecule has 0 aromatic carbocycles. The van der Waals surface area contributed by atoms with Crippen molar-refractivity contribution in [1.82, 2.24) is 0 Å². The van der Waals surface area contributed by atoms with E-state index in [2.05, 4.69) is 13.8 Å². The minimum Gasteiger partial charge on any atom is -0.463 e. The predicted octanol–water partition coefficient (Wildman–Crippen LogP) is 3.34. The Hall–Kier alpha value is -1.67. The van der Waals surface area contributed by atoms with Crippen LogP contribution in [0.3, 0.4) is 0 Å². The first-order valence-electron chi connectivity index (χ1n) is 12.7. The van der Waals surface area contributed by atoms with Gasteiger partial charge in [0.2, 0.25) is 0 Å². The highest BCUT2D eigenvalue weighted by Gasteiger charge is 2.80. The molecule has 2 spiro atoms. The molecule has 0 amide bonds. The molecule has 0 radical (unpaired) electrons. The number of hydrogen-bond acceptors (Lipinski definition) is 8. The summed E-state index contributed by atoms with van der Waals surface area (Å²) in [7, 11) is 0. The minimum absolute atomic E-state index is 0.120. The molecule has 0 aromatic rings. The van der Waals surface area contributed by atoms with E-state index < -0.39 is 45.8 Å². The van der Waals surface area contributed by atoms with Crippen LogP contribution in [0.1, 0.15) is 80.1 Å². The van der Waals surface area contributed by atoms with E-state index in [0.29, 0.717) is 13.0 Å². The second-order valence-corrected chi connectivity index (χ2v) is 12.2. The Morgan fingerprint density at radius 1 is 1.03 bits per heavy atom. The molecule has 0 N–H and O–H groups in total. The average Bonchev–Trinajstić information content (AvgIpc) is 3.45. The van der Waals surface area contributed by atoms with Crippen LogP contribution in [-0.4, -0.2) is 60.1 Å². The zero-order valence-electron chi connectivity index (χ0n) is 21.2. The van der Waals surface area contributed by atoms with Crippen molar-refractivity contribution >= 4 is 17.9 Å². The highest BCUT2D eigenvalue weighted by Crippen LogP contribution is 2.72. The summed E-state index contributed by atoms with van der Waals surface area (Å²) in [6, 6.07) is 0. The van der Waals surface area contributed by atoms with Crippen LogP contribution in [0.15, 0.2) is 0 Å². The number of epoxide rings is 1. The molecule has 0 bridgehead atoms. The van der Waals surface area contributed by atoms with E-state index in [-0.39, 0.29) is 36.8 Å². The summed E-state index contributed by atoms with van der Waals surface area (Å²) in [6.07, 6.45) is 2.94. The molecule has 8 atom stereocenters. The van der Waals surface area contributed by atoms with Crippen molar-refractivity contribution in [2.75, 3.05) is 13.2 Å². The van der Waals surface area contributed by atoms with Crippen LogP contribution in [0, 0.1) is 22.7 Å². The van der Waals surface area contributed by atoms with Crippen LogP contribution in [0.4, 0.5) is 0 Å². The molecule has 3 heterocycles. The summed E-state index contributed by atoms with van der Waals surface area (Å²) in [6.45, 7) is 12.1. The molecule has 5 fully saturated rings. The number of fused-ring (bicyclic) bond motifs is 4. The molecule has 3 aliphatic heterocycles. The molecular formula is C26H38O8. The predicted molar refractivity (Wildman–Crippen MR) is 120 cm³/mol. The van der Waals surface area contributed by atoms with E-state index in [9.17, 15) is 14.4 Å². The van der Waals surface area contributed by atoms with Crippen molar-refractivity contribution in [2.45, 2.75) is 109 Å². The zero-order chi connectivity index (χ0) is 24.7. The van der Waals surface area contributed by atoms with Crippen LogP contribution in [0.5, 0.6) is 0 Å². The van der Waals surface area contributed by atoms with Crippen LogP contribution in [0.25, 0.3) is 0 Å². The Kier molecular flexibility index (Phi) is 5.25. The third-order valence-corrected chi connectivity index (χ3v) is 10.1. The number of carbonyl (C=O) groups is 3. The van der Waals surface area contributed by atoms with Crippen molar-refractivity contribution in [3.05, 3.63) is 0 Å². The van der Waals surface area contributed by atoms with Gasteiger partial charge >= 0.3 is 17.9 Å². The van der Waals surface area contributed by atoms with Gasteiger partial charge in [0, 0.05) is 17.8 Å². The van der Waals surface area contributed by atoms with E-state index in [4.69, 9.17) is 23.7 Å². The smallest absolute Gasteiger partial charge is 0.308 e. The van der Waals surface area contributed by atoms with Gasteiger partial charge in [0.15, 0.2) is 6.10 Å². The van der Waals surface area contributed by atoms with Gasteiger partial charge in [-0.1, -0.05) is 34.1 Å². The summed E-state index contributed by atoms with van der Waals surface area (Å²) in [4.78, 5) is 37.6. The van der Waals surface area contributed by atoms with Gasteiger partial charge in [-0.05, 0) is 38.5 Å². The van der Waals surface area contributed by atoms with Crippen LogP contribution < -0.4 is 0 Å². The Balaban J connectivity index is 1.67. The molecule has 8 nitrogen and oxygen atoms in total. The van der Waals surface area contributed by atoms with Gasteiger partial charge in [-0.2, -0.15) is 0 Å². The van der Waals surface area contributed by atoms with Crippen molar-refractivity contribution in [3.63, 3.8) is 0 Å². The lowest BCUT2D eigenvalue weighted by atomic mass is 9.40. The topological polar surface area (TPSA) is 101 Å². The lowest BCUT2D eigenvalue weighted by Crippen LogP contribution is -2.79. The van der Waals surface area contributed by atoms with E-state index >= 15 is 0 Å². The SMILES string of the molecule is CC(=O)O[C@@H]1[C@@H](OC(=O)C(C)C)[C@@]2(C)OC3(CC[C@@]2(C)[C@@H]2CCC[C@@]4(CO4)[C@@]12C)COC(=O)C3. The van der Waals surface area contributed by atoms with Crippen molar-refractivity contribution in [2.24, 2.45) is 22.7 Å². The van der Waals surface area contributed by atoms with Crippen molar-refractivity contribution in [3.8, 4) is 0 Å². The molecule has 190 valence electrons. The average molecular weight is 479 g/mol. The first-order valence-corrected chi connectivity index (χ1v) is 12.7. The van der Waals surface area contributed by atoms with Gasteiger partial charge in [0.25, 0.3) is 0 Å². The number of ether oxygens (including phenoxy) is 5. The maximum atomic E-state index is 13.0. The van der Waals surface area contributed by atoms with E-state index in [0.717, 1.165) is 25.7 Å². The summed E-state index contributed by atoms with van der Waals surface area (Å²) in [5.41, 5.74) is -3.07. The molecule has 2 aliphatic carbocycles. The van der Waals surface area contributed by atoms with Crippen LogP contribution in [0.2, 0.25) is 0 Å². The maximum Gasteiger partial charge on any atom is 0.308 e. The molecule has 5 aliphatic rings. The summed E-state index contributed by atoms with van der Waals surface area (Å²) >= 11 is 0. The zero-order valence-corrected chi connectivity index (χ0v) is 21.2. The number of hydrogen-bond donors (Lipinski definition) is 0. The quantitative estimate of drug-likeness (QED) is 0.346. The fourth-order valence-electron chi connectivity index (χ4n) is 7.92. The highest BCUT2D eigenvalue weighted by atomic mass is 16.6. The second kappa shape index (κ2) is 7.42. The van der Waals surface area contributed by atoms with E-state index in [1.165, 1.54) is 6.92 Å². The normalized spacial score (nSPS) is 49.4. The Morgan fingerprint density at radius 3 is 2.29 bits per heavy atom. The van der Waals surface area contributed by atoms with Gasteiger partial charge in [0.05, 0.1) is 18.9 Å². The first-order chi connectivity index (χ1) is 15.8. The molecule has 5 rings (SSSR count). The number of esters is 3. The third-order valence-electron chi connectivity index (χ3n) is 10.1. The van der Waals surface area contributed by atoms with Gasteiger partial charge in [-0.25, -0.2) is 0 Å². The number of cyclic esters (lactones) is 1. The molecule has 2 saturated carbocycles. The second-order valence-electron chi connectivity index (χ2n) is 12.2. The Labute approximate surface area is 201 Å². The van der Waals surface area contributed by atoms with Gasteiger partial charge in [-0.3, -0.25) is 14.4 Å². The molecule has 3 saturated heterocycles. The summed E-state index contributed by atoms with van der Waals surface area (Å²) in [5, 5.41) is 0. The largest absolute Gasteiger partial charge is 0.463 e. The molecule has 34 heavy (non-hydrogen) atoms. The van der Waals surface area contributed by atoms with Gasteiger partial charge in [-0.15, -0.1) is 0 Å². The van der Waals surface area contributed by atoms with Crippen molar-refractivity contribution < 1.29 is 38.1 Å². The third kappa shape index (κ3) is 3.06. The molecule has 0 aromatic heterocycles. The fraction of sp³-hybridized carbons (Fsp3) is 0.885. The molecular weight excluding hydrogens is 440 g/mol. The Morgan fingerprint density at radius 2 is 1.74 bits per heavy atom. The fourth-order valence-corrected chi connectivity index (χ4v) is 7.92. The van der Waals surface area contributed by atoms with E-state index in [1.54, 1.807) is 13.8 Å². The monoisotopic (exact) mass is 478 g/mol. The standard InChI is InChI=1S/C26H38O8/c1-15(2)21(29)33-20-19(32-16(3)27)23(5)17(8-7-9-26(23)14-31-26)22(4)10-11-25(34-24(20,22)6)12-18(28)30-13-25/h15,17,19-20H,7-14H2,1-6H3/t17-,19+,20+,22-,23+,24+,25?,26+/m0/s1. The number of carbonyl (C=O) groups excluding carboxylic acids is 3. The maximum absolute atomic E-state index is 13.0. The lowest BCUT2D eigenvalue weighted by molar-refractivity contribution is -0.355. The van der Waals surface area contributed by atoms with Crippen LogP contribution >= 0.6 is 0 Å². The molecule has 8 heteroatoms. The Bertz CT molecular complexity index is 910. The first kappa shape index (κ1) is 24.0. The van der Waals surface area contributed by atoms with Gasteiger partial charge < -0.3 is 23.7 Å². The van der Waals surface area contributed by atoms with Gasteiger partial charge in [0.1, 0.15) is 29.5 Å². The van der Waals surface area contributed by atoms with E-state index in [1.807, 2.05) is 6.92 Å². The van der Waals surface area contributed by atoms with Crippen molar-refractivity contribution in [1.29, 1.82) is 0 Å². The molecule has 1 unspecified atom stereocenters. The number of rotatable bonds is 3.